The molecular formula is C20H18ClNO. The molecule has 23 heavy (non-hydrogen) atoms. The van der Waals surface area contributed by atoms with Crippen molar-refractivity contribution in [2.24, 2.45) is 0 Å². The molecule has 4 rings (SSSR count). The van der Waals surface area contributed by atoms with E-state index in [0.717, 1.165) is 40.2 Å². The van der Waals surface area contributed by atoms with Gasteiger partial charge >= 0.3 is 0 Å². The van der Waals surface area contributed by atoms with E-state index >= 15 is 0 Å². The van der Waals surface area contributed by atoms with Crippen molar-refractivity contribution in [2.75, 3.05) is 20.6 Å². The summed E-state index contributed by atoms with van der Waals surface area (Å²) in [6.07, 6.45) is 0.924. The molecule has 0 bridgehead atoms. The van der Waals surface area contributed by atoms with Gasteiger partial charge in [-0.25, -0.2) is 0 Å². The van der Waals surface area contributed by atoms with Crippen LogP contribution in [0.1, 0.15) is 39.4 Å². The van der Waals surface area contributed by atoms with E-state index in [9.17, 15) is 4.79 Å². The predicted octanol–water partition coefficient (Wildman–Crippen LogP) is 4.50. The number of fused-ring (bicyclic) bond motifs is 5. The van der Waals surface area contributed by atoms with Gasteiger partial charge in [-0.1, -0.05) is 41.9 Å². The Bertz CT molecular complexity index is 850. The van der Waals surface area contributed by atoms with E-state index in [1.807, 2.05) is 36.4 Å². The van der Waals surface area contributed by atoms with Gasteiger partial charge in [0.25, 0.3) is 0 Å². The highest BCUT2D eigenvalue weighted by Crippen LogP contribution is 2.54. The summed E-state index contributed by atoms with van der Waals surface area (Å²) in [5.41, 5.74) is 6.70. The van der Waals surface area contributed by atoms with Gasteiger partial charge in [0, 0.05) is 17.1 Å². The van der Waals surface area contributed by atoms with Crippen LogP contribution in [-0.2, 0) is 0 Å². The summed E-state index contributed by atoms with van der Waals surface area (Å²) in [5, 5.41) is 0.729. The molecule has 0 amide bonds. The number of ketones is 1. The van der Waals surface area contributed by atoms with Crippen molar-refractivity contribution in [1.82, 2.24) is 4.90 Å². The highest BCUT2D eigenvalue weighted by atomic mass is 35.5. The number of allylic oxidation sites excluding steroid dienone is 1. The van der Waals surface area contributed by atoms with E-state index in [1.165, 1.54) is 11.1 Å². The molecule has 0 N–H and O–H groups in total. The Morgan fingerprint density at radius 3 is 2.52 bits per heavy atom. The molecule has 0 saturated heterocycles. The summed E-state index contributed by atoms with van der Waals surface area (Å²) in [6, 6.07) is 13.9. The fraction of sp³-hybridized carbons (Fsp3) is 0.250. The monoisotopic (exact) mass is 323 g/mol. The molecule has 0 aliphatic heterocycles. The molecule has 0 heterocycles. The number of Topliss-reactive ketones (excluding diaryl/α,β-unsaturated/α-hetero) is 1. The zero-order valence-electron chi connectivity index (χ0n) is 13.3. The lowest BCUT2D eigenvalue weighted by molar-refractivity contribution is 0.0987. The third-order valence-corrected chi connectivity index (χ3v) is 5.05. The van der Waals surface area contributed by atoms with Gasteiger partial charge in [-0.2, -0.15) is 0 Å². The number of halogens is 1. The standard InChI is InChI=1S/C20H18ClNO/c1-22(2)10-9-15-17-11-12(21)7-8-14(17)19-18(15)13-5-3-4-6-16(13)20(19)23/h3-8,11,19H,9-10H2,1-2H3. The molecule has 0 fully saturated rings. The Morgan fingerprint density at radius 1 is 1.04 bits per heavy atom. The Hall–Kier alpha value is -1.90. The molecule has 0 spiro atoms. The summed E-state index contributed by atoms with van der Waals surface area (Å²) in [7, 11) is 4.15. The predicted molar refractivity (Wildman–Crippen MR) is 95.0 cm³/mol. The second-order valence-corrected chi connectivity index (χ2v) is 6.96. The molecule has 2 aliphatic carbocycles. The molecule has 1 unspecified atom stereocenters. The molecule has 3 heteroatoms. The van der Waals surface area contributed by atoms with Gasteiger partial charge in [0.05, 0.1) is 5.92 Å². The van der Waals surface area contributed by atoms with Gasteiger partial charge in [0.1, 0.15) is 0 Å². The maximum Gasteiger partial charge on any atom is 0.175 e. The van der Waals surface area contributed by atoms with Gasteiger partial charge in [-0.15, -0.1) is 0 Å². The minimum absolute atomic E-state index is 0.142. The first-order valence-corrected chi connectivity index (χ1v) is 8.27. The van der Waals surface area contributed by atoms with E-state index in [0.29, 0.717) is 0 Å². The van der Waals surface area contributed by atoms with Crippen molar-refractivity contribution in [3.63, 3.8) is 0 Å². The van der Waals surface area contributed by atoms with Gasteiger partial charge in [0.2, 0.25) is 0 Å². The van der Waals surface area contributed by atoms with Gasteiger partial charge in [-0.3, -0.25) is 4.79 Å². The lowest BCUT2D eigenvalue weighted by Gasteiger charge is -2.13. The van der Waals surface area contributed by atoms with Crippen LogP contribution in [0.3, 0.4) is 0 Å². The fourth-order valence-corrected chi connectivity index (χ4v) is 3.97. The number of carbonyl (C=O) groups is 1. The van der Waals surface area contributed by atoms with E-state index in [2.05, 4.69) is 25.1 Å². The second kappa shape index (κ2) is 5.33. The normalized spacial score (nSPS) is 18.4. The fourth-order valence-electron chi connectivity index (χ4n) is 3.80. The summed E-state index contributed by atoms with van der Waals surface area (Å²) < 4.78 is 0. The van der Waals surface area contributed by atoms with Gasteiger partial charge in [-0.05, 0) is 60.5 Å². The highest BCUT2D eigenvalue weighted by molar-refractivity contribution is 6.31. The molecule has 2 aromatic carbocycles. The molecule has 0 saturated carbocycles. The minimum Gasteiger partial charge on any atom is -0.309 e. The number of carbonyl (C=O) groups excluding carboxylic acids is 1. The summed E-state index contributed by atoms with van der Waals surface area (Å²) in [5.74, 6) is 0.0795. The SMILES string of the molecule is CN(C)CCC1=C2c3ccccc3C(=O)C2c2ccc(Cl)cc21. The maximum absolute atomic E-state index is 12.9. The molecule has 2 nitrogen and oxygen atoms in total. The van der Waals surface area contributed by atoms with Crippen LogP contribution in [0, 0.1) is 0 Å². The number of rotatable bonds is 3. The van der Waals surface area contributed by atoms with Crippen LogP contribution in [-0.4, -0.2) is 31.3 Å². The van der Waals surface area contributed by atoms with Crippen molar-refractivity contribution in [2.45, 2.75) is 12.3 Å². The number of hydrogen-bond acceptors (Lipinski definition) is 2. The molecule has 1 atom stereocenters. The summed E-state index contributed by atoms with van der Waals surface area (Å²) in [4.78, 5) is 15.1. The van der Waals surface area contributed by atoms with E-state index in [-0.39, 0.29) is 11.7 Å². The molecular weight excluding hydrogens is 306 g/mol. The minimum atomic E-state index is -0.142. The van der Waals surface area contributed by atoms with Crippen LogP contribution in [0.4, 0.5) is 0 Å². The van der Waals surface area contributed by atoms with Crippen molar-refractivity contribution in [1.29, 1.82) is 0 Å². The summed E-state index contributed by atoms with van der Waals surface area (Å²) in [6.45, 7) is 0.952. The molecule has 116 valence electrons. The van der Waals surface area contributed by atoms with Crippen LogP contribution in [0.25, 0.3) is 11.1 Å². The molecule has 0 aromatic heterocycles. The molecule has 0 radical (unpaired) electrons. The van der Waals surface area contributed by atoms with Gasteiger partial charge in [0.15, 0.2) is 5.78 Å². The topological polar surface area (TPSA) is 20.3 Å². The zero-order chi connectivity index (χ0) is 16.1. The third-order valence-electron chi connectivity index (χ3n) is 4.82. The Labute approximate surface area is 141 Å². The Kier molecular flexibility index (Phi) is 3.40. The van der Waals surface area contributed by atoms with Gasteiger partial charge < -0.3 is 4.90 Å². The number of hydrogen-bond donors (Lipinski definition) is 0. The van der Waals surface area contributed by atoms with Crippen molar-refractivity contribution in [3.8, 4) is 0 Å². The average molecular weight is 324 g/mol. The summed E-state index contributed by atoms with van der Waals surface area (Å²) >= 11 is 6.23. The first-order valence-electron chi connectivity index (χ1n) is 7.89. The lowest BCUT2D eigenvalue weighted by atomic mass is 9.95. The van der Waals surface area contributed by atoms with E-state index < -0.39 is 0 Å². The average Bonchev–Trinajstić information content (AvgIpc) is 2.99. The Morgan fingerprint density at radius 2 is 1.78 bits per heavy atom. The van der Waals surface area contributed by atoms with Crippen LogP contribution >= 0.6 is 11.6 Å². The van der Waals surface area contributed by atoms with Crippen LogP contribution in [0.5, 0.6) is 0 Å². The quantitative estimate of drug-likeness (QED) is 0.829. The smallest absolute Gasteiger partial charge is 0.175 e. The van der Waals surface area contributed by atoms with E-state index in [4.69, 9.17) is 11.6 Å². The first-order chi connectivity index (χ1) is 11.1. The van der Waals surface area contributed by atoms with Crippen molar-refractivity contribution in [3.05, 3.63) is 69.7 Å². The zero-order valence-corrected chi connectivity index (χ0v) is 14.0. The first kappa shape index (κ1) is 14.7. The highest BCUT2D eigenvalue weighted by Gasteiger charge is 2.43. The van der Waals surface area contributed by atoms with Crippen molar-refractivity contribution >= 4 is 28.5 Å². The largest absolute Gasteiger partial charge is 0.309 e. The van der Waals surface area contributed by atoms with Crippen LogP contribution < -0.4 is 0 Å². The maximum atomic E-state index is 12.9. The third kappa shape index (κ3) is 2.17. The van der Waals surface area contributed by atoms with Crippen LogP contribution in [0.15, 0.2) is 42.5 Å². The number of benzene rings is 2. The van der Waals surface area contributed by atoms with Crippen LogP contribution in [0.2, 0.25) is 5.02 Å². The van der Waals surface area contributed by atoms with Crippen molar-refractivity contribution < 1.29 is 4.79 Å². The lowest BCUT2D eigenvalue weighted by Crippen LogP contribution is -2.13. The Balaban J connectivity index is 1.94. The second-order valence-electron chi connectivity index (χ2n) is 6.52. The molecule has 2 aliphatic rings. The molecule has 2 aromatic rings. The van der Waals surface area contributed by atoms with E-state index in [1.54, 1.807) is 0 Å². The number of nitrogens with zero attached hydrogens (tertiary/aromatic N) is 1.